The predicted octanol–water partition coefficient (Wildman–Crippen LogP) is 4.78. The number of carbonyl (C=O) groups excluding carboxylic acids is 1. The van der Waals surface area contributed by atoms with Crippen molar-refractivity contribution in [1.82, 2.24) is 9.88 Å². The number of hydrogen-bond donors (Lipinski definition) is 1. The van der Waals surface area contributed by atoms with Crippen LogP contribution in [0.4, 0.5) is 14.9 Å². The van der Waals surface area contributed by atoms with Gasteiger partial charge in [0.1, 0.15) is 5.82 Å². The van der Waals surface area contributed by atoms with Gasteiger partial charge in [0.15, 0.2) is 0 Å². The maximum Gasteiger partial charge on any atom is 0.322 e. The largest absolute Gasteiger partial charge is 0.322 e. The molecule has 1 aromatic heterocycles. The van der Waals surface area contributed by atoms with Crippen LogP contribution in [0.5, 0.6) is 0 Å². The first kappa shape index (κ1) is 17.6. The number of rotatable bonds is 4. The van der Waals surface area contributed by atoms with Gasteiger partial charge in [0, 0.05) is 25.1 Å². The fourth-order valence-corrected chi connectivity index (χ4v) is 2.86. The highest BCUT2D eigenvalue weighted by Crippen LogP contribution is 2.28. The topological polar surface area (TPSA) is 45.2 Å². The molecule has 0 spiro atoms. The van der Waals surface area contributed by atoms with E-state index in [0.29, 0.717) is 0 Å². The molecule has 5 heteroatoms. The summed E-state index contributed by atoms with van der Waals surface area (Å²) >= 11 is 0. The first-order valence-corrected chi connectivity index (χ1v) is 8.31. The minimum atomic E-state index is -0.381. The molecule has 1 heterocycles. The number of amides is 2. The summed E-state index contributed by atoms with van der Waals surface area (Å²) in [5.74, 6) is -0.314. The third-order valence-electron chi connectivity index (χ3n) is 4.28. The summed E-state index contributed by atoms with van der Waals surface area (Å²) in [4.78, 5) is 18.6. The molecule has 0 saturated carbocycles. The van der Waals surface area contributed by atoms with Crippen molar-refractivity contribution in [1.29, 1.82) is 0 Å². The van der Waals surface area contributed by atoms with Crippen LogP contribution >= 0.6 is 0 Å². The number of anilines is 1. The van der Waals surface area contributed by atoms with Crippen molar-refractivity contribution >= 4 is 11.7 Å². The van der Waals surface area contributed by atoms with Gasteiger partial charge in [-0.2, -0.15) is 0 Å². The number of halogens is 1. The van der Waals surface area contributed by atoms with E-state index in [1.807, 2.05) is 43.3 Å². The van der Waals surface area contributed by atoms with E-state index in [1.165, 1.54) is 12.1 Å². The van der Waals surface area contributed by atoms with Gasteiger partial charge >= 0.3 is 6.03 Å². The van der Waals surface area contributed by atoms with E-state index in [4.69, 9.17) is 0 Å². The lowest BCUT2D eigenvalue weighted by Gasteiger charge is -2.29. The fourth-order valence-electron chi connectivity index (χ4n) is 2.86. The normalized spacial score (nSPS) is 11.7. The summed E-state index contributed by atoms with van der Waals surface area (Å²) in [5.41, 5.74) is 3.39. The number of benzene rings is 2. The third-order valence-corrected chi connectivity index (χ3v) is 4.28. The van der Waals surface area contributed by atoms with E-state index in [-0.39, 0.29) is 17.9 Å². The van der Waals surface area contributed by atoms with Gasteiger partial charge in [0.2, 0.25) is 0 Å². The molecule has 3 aromatic rings. The van der Waals surface area contributed by atoms with E-state index in [9.17, 15) is 9.18 Å². The second kappa shape index (κ2) is 7.78. The number of nitrogens with zero attached hydrogens (tertiary/aromatic N) is 2. The molecule has 132 valence electrons. The molecule has 0 aliphatic rings. The van der Waals surface area contributed by atoms with Crippen molar-refractivity contribution in [3.05, 3.63) is 95.6 Å². The standard InChI is InChI=1S/C21H20FN3O/c1-15-6-3-4-8-19(15)24-21(26)25(2)20(17-7-5-13-23-14-17)16-9-11-18(22)12-10-16/h3-14,20H,1-2H3,(H,24,26)/t20-/m1/s1. The lowest BCUT2D eigenvalue weighted by molar-refractivity contribution is 0.212. The Labute approximate surface area is 152 Å². The molecule has 0 bridgehead atoms. The van der Waals surface area contributed by atoms with Gasteiger partial charge in [0.25, 0.3) is 0 Å². The van der Waals surface area contributed by atoms with Crippen molar-refractivity contribution in [2.45, 2.75) is 13.0 Å². The lowest BCUT2D eigenvalue weighted by Crippen LogP contribution is -2.35. The molecule has 0 fully saturated rings. The molecule has 0 aliphatic carbocycles. The zero-order valence-corrected chi connectivity index (χ0v) is 14.7. The summed E-state index contributed by atoms with van der Waals surface area (Å²) < 4.78 is 13.3. The Hall–Kier alpha value is -3.21. The zero-order valence-electron chi connectivity index (χ0n) is 14.7. The number of urea groups is 1. The van der Waals surface area contributed by atoms with Gasteiger partial charge in [-0.15, -0.1) is 0 Å². The summed E-state index contributed by atoms with van der Waals surface area (Å²) in [6, 6.07) is 16.8. The molecule has 0 saturated heterocycles. The Kier molecular flexibility index (Phi) is 5.27. The average Bonchev–Trinajstić information content (AvgIpc) is 2.66. The lowest BCUT2D eigenvalue weighted by atomic mass is 9.99. The van der Waals surface area contributed by atoms with Crippen LogP contribution in [-0.4, -0.2) is 23.0 Å². The van der Waals surface area contributed by atoms with Gasteiger partial charge in [-0.1, -0.05) is 36.4 Å². The summed E-state index contributed by atoms with van der Waals surface area (Å²) in [6.45, 7) is 1.94. The van der Waals surface area contributed by atoms with E-state index >= 15 is 0 Å². The molecule has 2 aromatic carbocycles. The first-order valence-electron chi connectivity index (χ1n) is 8.31. The van der Waals surface area contributed by atoms with Gasteiger partial charge in [0.05, 0.1) is 6.04 Å². The predicted molar refractivity (Wildman–Crippen MR) is 100 cm³/mol. The second-order valence-electron chi connectivity index (χ2n) is 6.10. The van der Waals surface area contributed by atoms with Crippen LogP contribution in [0.25, 0.3) is 0 Å². The number of para-hydroxylation sites is 1. The van der Waals surface area contributed by atoms with Crippen LogP contribution in [0.15, 0.2) is 73.1 Å². The first-order chi connectivity index (χ1) is 12.6. The fraction of sp³-hybridized carbons (Fsp3) is 0.143. The average molecular weight is 349 g/mol. The number of pyridine rings is 1. The zero-order chi connectivity index (χ0) is 18.5. The highest BCUT2D eigenvalue weighted by molar-refractivity contribution is 5.90. The molecular formula is C21H20FN3O. The van der Waals surface area contributed by atoms with Crippen molar-refractivity contribution in [2.75, 3.05) is 12.4 Å². The van der Waals surface area contributed by atoms with E-state index in [2.05, 4.69) is 10.3 Å². The Morgan fingerprint density at radius 2 is 1.77 bits per heavy atom. The van der Waals surface area contributed by atoms with Crippen LogP contribution < -0.4 is 5.32 Å². The number of aromatic nitrogens is 1. The summed E-state index contributed by atoms with van der Waals surface area (Å²) in [6.07, 6.45) is 3.39. The molecule has 1 N–H and O–H groups in total. The molecule has 0 aliphatic heterocycles. The number of hydrogen-bond acceptors (Lipinski definition) is 2. The monoisotopic (exact) mass is 349 g/mol. The number of carbonyl (C=O) groups is 1. The molecule has 26 heavy (non-hydrogen) atoms. The highest BCUT2D eigenvalue weighted by atomic mass is 19.1. The molecule has 3 rings (SSSR count). The molecule has 0 radical (unpaired) electrons. The van der Waals surface area contributed by atoms with Crippen molar-refractivity contribution in [3.63, 3.8) is 0 Å². The Bertz CT molecular complexity index is 881. The maximum absolute atomic E-state index is 13.3. The molecule has 1 atom stereocenters. The molecule has 4 nitrogen and oxygen atoms in total. The summed E-state index contributed by atoms with van der Waals surface area (Å²) in [5, 5.41) is 2.93. The van der Waals surface area contributed by atoms with Crippen LogP contribution in [0.2, 0.25) is 0 Å². The van der Waals surface area contributed by atoms with E-state index in [1.54, 1.807) is 36.5 Å². The van der Waals surface area contributed by atoms with Crippen LogP contribution in [-0.2, 0) is 0 Å². The highest BCUT2D eigenvalue weighted by Gasteiger charge is 2.24. The quantitative estimate of drug-likeness (QED) is 0.736. The van der Waals surface area contributed by atoms with Gasteiger partial charge in [-0.3, -0.25) is 4.98 Å². The number of nitrogens with one attached hydrogen (secondary N) is 1. The van der Waals surface area contributed by atoms with Crippen molar-refractivity contribution in [2.24, 2.45) is 0 Å². The smallest absolute Gasteiger partial charge is 0.316 e. The van der Waals surface area contributed by atoms with Gasteiger partial charge in [-0.05, 0) is 47.9 Å². The van der Waals surface area contributed by atoms with E-state index in [0.717, 1.165) is 22.4 Å². The number of aryl methyl sites for hydroxylation is 1. The van der Waals surface area contributed by atoms with E-state index < -0.39 is 0 Å². The Morgan fingerprint density at radius 3 is 2.42 bits per heavy atom. The Morgan fingerprint density at radius 1 is 1.04 bits per heavy atom. The maximum atomic E-state index is 13.3. The SMILES string of the molecule is Cc1ccccc1NC(=O)N(C)[C@H](c1ccc(F)cc1)c1cccnc1. The minimum absolute atomic E-state index is 0.252. The molecule has 2 amide bonds. The molecular weight excluding hydrogens is 329 g/mol. The Balaban J connectivity index is 1.92. The van der Waals surface area contributed by atoms with Crippen molar-refractivity contribution in [3.8, 4) is 0 Å². The minimum Gasteiger partial charge on any atom is -0.316 e. The molecule has 0 unspecified atom stereocenters. The van der Waals surface area contributed by atoms with Crippen LogP contribution in [0, 0.1) is 12.7 Å². The van der Waals surface area contributed by atoms with Gasteiger partial charge < -0.3 is 10.2 Å². The van der Waals surface area contributed by atoms with Crippen LogP contribution in [0.3, 0.4) is 0 Å². The summed E-state index contributed by atoms with van der Waals surface area (Å²) in [7, 11) is 1.72. The van der Waals surface area contributed by atoms with Gasteiger partial charge in [-0.25, -0.2) is 9.18 Å². The second-order valence-corrected chi connectivity index (χ2v) is 6.10. The van der Waals surface area contributed by atoms with Crippen molar-refractivity contribution < 1.29 is 9.18 Å². The van der Waals surface area contributed by atoms with Crippen LogP contribution in [0.1, 0.15) is 22.7 Å². The third kappa shape index (κ3) is 3.88.